The van der Waals surface area contributed by atoms with E-state index in [-0.39, 0.29) is 0 Å². The first-order chi connectivity index (χ1) is 9.36. The molecule has 2 aromatic rings. The van der Waals surface area contributed by atoms with E-state index in [1.807, 2.05) is 0 Å². The number of hydrogen-bond acceptors (Lipinski definition) is 6. The lowest BCUT2D eigenvalue weighted by molar-refractivity contribution is 0.602. The van der Waals surface area contributed by atoms with Crippen LogP contribution in [-0.2, 0) is 16.4 Å². The lowest BCUT2D eigenvalue weighted by atomic mass is 10.2. The second-order valence-electron chi connectivity index (χ2n) is 4.88. The first kappa shape index (κ1) is 14.9. The highest BCUT2D eigenvalue weighted by Gasteiger charge is 2.08. The van der Waals surface area contributed by atoms with Crippen molar-refractivity contribution in [3.05, 3.63) is 35.7 Å². The van der Waals surface area contributed by atoms with Gasteiger partial charge in [-0.3, -0.25) is 0 Å². The molecule has 0 aliphatic carbocycles. The van der Waals surface area contributed by atoms with Crippen molar-refractivity contribution < 1.29 is 8.42 Å². The van der Waals surface area contributed by atoms with Gasteiger partial charge in [0.05, 0.1) is 4.90 Å². The second-order valence-corrected chi connectivity index (χ2v) is 7.65. The van der Waals surface area contributed by atoms with E-state index < -0.39 is 9.84 Å². The summed E-state index contributed by atoms with van der Waals surface area (Å²) < 4.78 is 27.0. The molecule has 5 nitrogen and oxygen atoms in total. The van der Waals surface area contributed by atoms with E-state index in [0.29, 0.717) is 17.4 Å². The van der Waals surface area contributed by atoms with E-state index in [1.54, 1.807) is 24.3 Å². The molecule has 20 heavy (non-hydrogen) atoms. The number of nitrogens with one attached hydrogen (secondary N) is 1. The van der Waals surface area contributed by atoms with Gasteiger partial charge in [0.2, 0.25) is 5.13 Å². The summed E-state index contributed by atoms with van der Waals surface area (Å²) in [6, 6.07) is 6.83. The Morgan fingerprint density at radius 3 is 2.40 bits per heavy atom. The standard InChI is InChI=1S/C13H17N3O2S2/c1-9(2)12-15-13(19-16-12)14-8-10-4-6-11(7-5-10)20(3,17)18/h4-7,9H,8H2,1-3H3,(H,14,15,16). The maximum atomic E-state index is 11.4. The van der Waals surface area contributed by atoms with Crippen LogP contribution in [0.15, 0.2) is 29.2 Å². The highest BCUT2D eigenvalue weighted by molar-refractivity contribution is 7.90. The zero-order chi connectivity index (χ0) is 14.8. The van der Waals surface area contributed by atoms with Gasteiger partial charge in [0.1, 0.15) is 5.82 Å². The molecule has 1 heterocycles. The first-order valence-electron chi connectivity index (χ1n) is 6.23. The number of nitrogens with zero attached hydrogens (tertiary/aromatic N) is 2. The molecule has 0 fully saturated rings. The smallest absolute Gasteiger partial charge is 0.202 e. The molecule has 1 aromatic heterocycles. The molecular weight excluding hydrogens is 294 g/mol. The van der Waals surface area contributed by atoms with Crippen molar-refractivity contribution in [3.8, 4) is 0 Å². The van der Waals surface area contributed by atoms with E-state index in [0.717, 1.165) is 16.5 Å². The van der Waals surface area contributed by atoms with Crippen LogP contribution in [0.1, 0.15) is 31.2 Å². The summed E-state index contributed by atoms with van der Waals surface area (Å²) in [5.41, 5.74) is 0.999. The van der Waals surface area contributed by atoms with Gasteiger partial charge in [-0.1, -0.05) is 26.0 Å². The second kappa shape index (κ2) is 5.88. The third-order valence-corrected chi connectivity index (χ3v) is 4.57. The van der Waals surface area contributed by atoms with Crippen LogP contribution in [0.3, 0.4) is 0 Å². The third-order valence-electron chi connectivity index (χ3n) is 2.75. The molecule has 0 spiro atoms. The Kier molecular flexibility index (Phi) is 4.39. The molecule has 0 atom stereocenters. The third kappa shape index (κ3) is 3.77. The van der Waals surface area contributed by atoms with Gasteiger partial charge in [-0.2, -0.15) is 4.37 Å². The van der Waals surface area contributed by atoms with Crippen molar-refractivity contribution in [2.45, 2.75) is 31.2 Å². The van der Waals surface area contributed by atoms with Crippen LogP contribution in [0, 0.1) is 0 Å². The minimum atomic E-state index is -3.13. The van der Waals surface area contributed by atoms with Crippen LogP contribution in [0.25, 0.3) is 0 Å². The molecule has 0 amide bonds. The Hall–Kier alpha value is -1.47. The maximum Gasteiger partial charge on any atom is 0.202 e. The lowest BCUT2D eigenvalue weighted by Gasteiger charge is -2.04. The first-order valence-corrected chi connectivity index (χ1v) is 8.89. The highest BCUT2D eigenvalue weighted by Crippen LogP contribution is 2.18. The largest absolute Gasteiger partial charge is 0.356 e. The Labute approximate surface area is 123 Å². The summed E-state index contributed by atoms with van der Waals surface area (Å²) in [6.45, 7) is 4.70. The predicted octanol–water partition coefficient (Wildman–Crippen LogP) is 2.68. The number of anilines is 1. The van der Waals surface area contributed by atoms with E-state index in [9.17, 15) is 8.42 Å². The molecule has 0 radical (unpaired) electrons. The van der Waals surface area contributed by atoms with Gasteiger partial charge >= 0.3 is 0 Å². The molecule has 0 saturated carbocycles. The molecular formula is C13H17N3O2S2. The van der Waals surface area contributed by atoms with Crippen molar-refractivity contribution in [1.82, 2.24) is 9.36 Å². The summed E-state index contributed by atoms with van der Waals surface area (Å²) in [5.74, 6) is 1.15. The Morgan fingerprint density at radius 1 is 1.25 bits per heavy atom. The van der Waals surface area contributed by atoms with Gasteiger partial charge in [-0.25, -0.2) is 13.4 Å². The van der Waals surface area contributed by atoms with Crippen LogP contribution in [0.4, 0.5) is 5.13 Å². The fraction of sp³-hybridized carbons (Fsp3) is 0.385. The number of hydrogen-bond donors (Lipinski definition) is 1. The van der Waals surface area contributed by atoms with Crippen molar-refractivity contribution in [2.24, 2.45) is 0 Å². The Morgan fingerprint density at radius 2 is 1.90 bits per heavy atom. The van der Waals surface area contributed by atoms with Crippen molar-refractivity contribution in [3.63, 3.8) is 0 Å². The van der Waals surface area contributed by atoms with Crippen molar-refractivity contribution in [1.29, 1.82) is 0 Å². The fourth-order valence-electron chi connectivity index (χ4n) is 1.57. The zero-order valence-corrected chi connectivity index (χ0v) is 13.3. The average molecular weight is 311 g/mol. The Balaban J connectivity index is 2.00. The number of rotatable bonds is 5. The highest BCUT2D eigenvalue weighted by atomic mass is 32.2. The summed E-state index contributed by atoms with van der Waals surface area (Å²) in [6.07, 6.45) is 1.20. The topological polar surface area (TPSA) is 72.0 Å². The molecule has 0 bridgehead atoms. The summed E-state index contributed by atoms with van der Waals surface area (Å²) in [7, 11) is -3.13. The quantitative estimate of drug-likeness (QED) is 0.919. The van der Waals surface area contributed by atoms with Crippen LogP contribution in [-0.4, -0.2) is 24.0 Å². The monoisotopic (exact) mass is 311 g/mol. The number of sulfone groups is 1. The fourth-order valence-corrected chi connectivity index (χ4v) is 2.91. The van der Waals surface area contributed by atoms with Crippen LogP contribution in [0.2, 0.25) is 0 Å². The van der Waals surface area contributed by atoms with Crippen molar-refractivity contribution in [2.75, 3.05) is 11.6 Å². The summed E-state index contributed by atoms with van der Waals surface area (Å²) in [4.78, 5) is 4.71. The summed E-state index contributed by atoms with van der Waals surface area (Å²) >= 11 is 1.34. The van der Waals surface area contributed by atoms with Crippen LogP contribution < -0.4 is 5.32 Å². The molecule has 7 heteroatoms. The SMILES string of the molecule is CC(C)c1nsc(NCc2ccc(S(C)(=O)=O)cc2)n1. The van der Waals surface area contributed by atoms with E-state index in [1.165, 1.54) is 17.8 Å². The predicted molar refractivity (Wildman–Crippen MR) is 80.9 cm³/mol. The summed E-state index contributed by atoms with van der Waals surface area (Å²) in [5, 5.41) is 3.97. The molecule has 0 aliphatic heterocycles. The van der Waals surface area contributed by atoms with Gasteiger partial charge in [-0.05, 0) is 17.7 Å². The van der Waals surface area contributed by atoms with E-state index in [2.05, 4.69) is 28.5 Å². The maximum absolute atomic E-state index is 11.4. The molecule has 0 aliphatic rings. The van der Waals surface area contributed by atoms with Crippen LogP contribution in [0.5, 0.6) is 0 Å². The number of benzene rings is 1. The van der Waals surface area contributed by atoms with E-state index >= 15 is 0 Å². The van der Waals surface area contributed by atoms with Gasteiger partial charge < -0.3 is 5.32 Å². The van der Waals surface area contributed by atoms with E-state index in [4.69, 9.17) is 0 Å². The Bertz CT molecular complexity index is 676. The van der Waals surface area contributed by atoms with Crippen molar-refractivity contribution >= 4 is 26.5 Å². The average Bonchev–Trinajstić information content (AvgIpc) is 2.85. The van der Waals surface area contributed by atoms with Gasteiger partial charge in [-0.15, -0.1) is 0 Å². The van der Waals surface area contributed by atoms with Gasteiger partial charge in [0, 0.05) is 30.3 Å². The molecule has 1 aromatic carbocycles. The van der Waals surface area contributed by atoms with Gasteiger partial charge in [0.15, 0.2) is 9.84 Å². The van der Waals surface area contributed by atoms with Gasteiger partial charge in [0.25, 0.3) is 0 Å². The molecule has 0 unspecified atom stereocenters. The van der Waals surface area contributed by atoms with Crippen LogP contribution >= 0.6 is 11.5 Å². The molecule has 1 N–H and O–H groups in total. The molecule has 0 saturated heterocycles. The number of aromatic nitrogens is 2. The zero-order valence-electron chi connectivity index (χ0n) is 11.6. The lowest BCUT2D eigenvalue weighted by Crippen LogP contribution is -2.01. The minimum absolute atomic E-state index is 0.316. The molecule has 2 rings (SSSR count). The molecule has 108 valence electrons. The minimum Gasteiger partial charge on any atom is -0.356 e. The normalized spacial score (nSPS) is 11.8.